The average molecular weight is 380 g/mol. The monoisotopic (exact) mass is 379 g/mol. The summed E-state index contributed by atoms with van der Waals surface area (Å²) in [6, 6.07) is 10.5. The molecule has 0 spiro atoms. The number of nitrogens with zero attached hydrogens (tertiary/aromatic N) is 4. The summed E-state index contributed by atoms with van der Waals surface area (Å²) in [5.41, 5.74) is 2.28. The standard InChI is InChI=1S/C22H29N5O/c1-26-11-2-3-14-28-17-18-8-12-27(13-9-18)21-7-10-23-22(25-21)24-20-6-4-5-19(15-20)16-26/h2-7,10,15,18H,8-9,11-14,16-17H2,1H3,(H,23,24,25)/b3-2+. The Kier molecular flexibility index (Phi) is 6.19. The van der Waals surface area contributed by atoms with Crippen LogP contribution in [0.4, 0.5) is 17.5 Å². The summed E-state index contributed by atoms with van der Waals surface area (Å²) in [5, 5.41) is 3.37. The zero-order valence-electron chi connectivity index (χ0n) is 16.6. The van der Waals surface area contributed by atoms with E-state index in [1.165, 1.54) is 5.56 Å². The maximum Gasteiger partial charge on any atom is 0.229 e. The maximum absolute atomic E-state index is 5.88. The number of hydrogen-bond donors (Lipinski definition) is 1. The number of fused-ring (bicyclic) bond motifs is 8. The lowest BCUT2D eigenvalue weighted by Crippen LogP contribution is -2.35. The highest BCUT2D eigenvalue weighted by molar-refractivity contribution is 5.56. The van der Waals surface area contributed by atoms with Crippen LogP contribution in [0.1, 0.15) is 18.4 Å². The van der Waals surface area contributed by atoms with E-state index in [0.717, 1.165) is 57.1 Å². The third-order valence-electron chi connectivity index (χ3n) is 5.37. The number of benzene rings is 1. The molecule has 6 nitrogen and oxygen atoms in total. The van der Waals surface area contributed by atoms with E-state index in [-0.39, 0.29) is 0 Å². The van der Waals surface area contributed by atoms with Crippen LogP contribution in [0.3, 0.4) is 0 Å². The van der Waals surface area contributed by atoms with Crippen molar-refractivity contribution in [2.75, 3.05) is 50.1 Å². The quantitative estimate of drug-likeness (QED) is 0.708. The molecule has 3 aliphatic heterocycles. The summed E-state index contributed by atoms with van der Waals surface area (Å²) in [4.78, 5) is 13.8. The van der Waals surface area contributed by atoms with Gasteiger partial charge in [0.2, 0.25) is 5.95 Å². The Morgan fingerprint density at radius 2 is 2.04 bits per heavy atom. The van der Waals surface area contributed by atoms with E-state index >= 15 is 0 Å². The van der Waals surface area contributed by atoms with Crippen LogP contribution < -0.4 is 10.2 Å². The van der Waals surface area contributed by atoms with Gasteiger partial charge < -0.3 is 15.0 Å². The van der Waals surface area contributed by atoms with Gasteiger partial charge >= 0.3 is 0 Å². The van der Waals surface area contributed by atoms with Gasteiger partial charge in [0.15, 0.2) is 0 Å². The molecule has 0 radical (unpaired) electrons. The van der Waals surface area contributed by atoms with Crippen molar-refractivity contribution in [1.29, 1.82) is 0 Å². The number of rotatable bonds is 0. The first-order valence-electron chi connectivity index (χ1n) is 10.1. The molecule has 1 aromatic heterocycles. The largest absolute Gasteiger partial charge is 0.377 e. The summed E-state index contributed by atoms with van der Waals surface area (Å²) in [6.07, 6.45) is 8.45. The highest BCUT2D eigenvalue weighted by Crippen LogP contribution is 2.23. The van der Waals surface area contributed by atoms with Gasteiger partial charge in [-0.25, -0.2) is 4.98 Å². The van der Waals surface area contributed by atoms with Gasteiger partial charge in [0.1, 0.15) is 5.82 Å². The van der Waals surface area contributed by atoms with Crippen molar-refractivity contribution < 1.29 is 4.74 Å². The van der Waals surface area contributed by atoms with E-state index in [0.29, 0.717) is 18.5 Å². The topological polar surface area (TPSA) is 53.5 Å². The second-order valence-corrected chi connectivity index (χ2v) is 7.70. The van der Waals surface area contributed by atoms with Crippen molar-refractivity contribution in [3.05, 3.63) is 54.2 Å². The molecule has 0 saturated carbocycles. The molecule has 1 fully saturated rings. The Morgan fingerprint density at radius 3 is 2.93 bits per heavy atom. The van der Waals surface area contributed by atoms with Gasteiger partial charge in [0.05, 0.1) is 6.61 Å². The van der Waals surface area contributed by atoms with Crippen LogP contribution in [0.2, 0.25) is 0 Å². The van der Waals surface area contributed by atoms with Gasteiger partial charge in [0.25, 0.3) is 0 Å². The molecule has 1 aromatic carbocycles. The number of aromatic nitrogens is 2. The minimum Gasteiger partial charge on any atom is -0.377 e. The predicted molar refractivity (Wildman–Crippen MR) is 113 cm³/mol. The van der Waals surface area contributed by atoms with Gasteiger partial charge in [-0.3, -0.25) is 4.90 Å². The van der Waals surface area contributed by atoms with Crippen molar-refractivity contribution >= 4 is 17.5 Å². The zero-order valence-corrected chi connectivity index (χ0v) is 16.6. The first kappa shape index (κ1) is 18.9. The van der Waals surface area contributed by atoms with Crippen LogP contribution in [-0.2, 0) is 11.3 Å². The fraction of sp³-hybridized carbons (Fsp3) is 0.455. The molecule has 0 amide bonds. The molecule has 1 N–H and O–H groups in total. The lowest BCUT2D eigenvalue weighted by atomic mass is 9.98. The normalized spacial score (nSPS) is 20.7. The summed E-state index contributed by atoms with van der Waals surface area (Å²) >= 11 is 0. The number of hydrogen-bond acceptors (Lipinski definition) is 6. The summed E-state index contributed by atoms with van der Waals surface area (Å²) in [5.74, 6) is 2.28. The third-order valence-corrected chi connectivity index (χ3v) is 5.37. The zero-order chi connectivity index (χ0) is 19.2. The molecule has 28 heavy (non-hydrogen) atoms. The lowest BCUT2D eigenvalue weighted by molar-refractivity contribution is 0.111. The molecule has 0 unspecified atom stereocenters. The number of piperidine rings is 1. The minimum atomic E-state index is 0.635. The van der Waals surface area contributed by atoms with Crippen LogP contribution in [0.15, 0.2) is 48.7 Å². The Bertz CT molecular complexity index is 801. The van der Waals surface area contributed by atoms with Crippen molar-refractivity contribution in [3.63, 3.8) is 0 Å². The van der Waals surface area contributed by atoms with Gasteiger partial charge in [-0.2, -0.15) is 4.98 Å². The lowest BCUT2D eigenvalue weighted by Gasteiger charge is -2.32. The minimum absolute atomic E-state index is 0.635. The van der Waals surface area contributed by atoms with Crippen LogP contribution in [0, 0.1) is 5.92 Å². The molecule has 148 valence electrons. The first-order chi connectivity index (χ1) is 13.8. The first-order valence-corrected chi connectivity index (χ1v) is 10.1. The summed E-state index contributed by atoms with van der Waals surface area (Å²) in [6.45, 7) is 5.36. The highest BCUT2D eigenvalue weighted by Gasteiger charge is 2.20. The molecular weight excluding hydrogens is 350 g/mol. The smallest absolute Gasteiger partial charge is 0.229 e. The van der Waals surface area contributed by atoms with Gasteiger partial charge in [0, 0.05) is 44.7 Å². The molecular formula is C22H29N5O. The molecule has 6 bridgehead atoms. The van der Waals surface area contributed by atoms with Crippen LogP contribution in [-0.4, -0.2) is 54.8 Å². The molecule has 1 saturated heterocycles. The van der Waals surface area contributed by atoms with Crippen molar-refractivity contribution in [1.82, 2.24) is 14.9 Å². The Labute approximate surface area is 167 Å². The number of nitrogens with one attached hydrogen (secondary N) is 1. The van der Waals surface area contributed by atoms with E-state index in [9.17, 15) is 0 Å². The molecule has 2 aromatic rings. The van der Waals surface area contributed by atoms with Gasteiger partial charge in [-0.15, -0.1) is 0 Å². The van der Waals surface area contributed by atoms with Crippen molar-refractivity contribution in [3.8, 4) is 0 Å². The molecule has 6 heteroatoms. The van der Waals surface area contributed by atoms with Crippen molar-refractivity contribution in [2.24, 2.45) is 5.92 Å². The molecule has 3 aliphatic rings. The van der Waals surface area contributed by atoms with E-state index in [2.05, 4.69) is 63.6 Å². The van der Waals surface area contributed by atoms with Crippen LogP contribution in [0.25, 0.3) is 0 Å². The predicted octanol–water partition coefficient (Wildman–Crippen LogP) is 3.45. The SMILES string of the molecule is CN1C/C=C/COCC2CCN(CC2)c2ccnc(n2)Nc2cccc(c2)C1. The van der Waals surface area contributed by atoms with Crippen LogP contribution in [0.5, 0.6) is 0 Å². The number of likely N-dealkylation sites (N-methyl/N-ethyl adjacent to an activating group) is 1. The molecule has 5 rings (SSSR count). The van der Waals surface area contributed by atoms with Crippen molar-refractivity contribution in [2.45, 2.75) is 19.4 Å². The number of ether oxygens (including phenoxy) is 1. The third kappa shape index (κ3) is 5.09. The molecule has 0 aliphatic carbocycles. The maximum atomic E-state index is 5.88. The Morgan fingerprint density at radius 1 is 1.14 bits per heavy atom. The summed E-state index contributed by atoms with van der Waals surface area (Å²) in [7, 11) is 2.13. The molecule has 4 heterocycles. The second kappa shape index (κ2) is 9.17. The van der Waals surface area contributed by atoms with E-state index < -0.39 is 0 Å². The molecule has 0 atom stereocenters. The Hall–Kier alpha value is -2.44. The van der Waals surface area contributed by atoms with Gasteiger partial charge in [-0.1, -0.05) is 24.3 Å². The highest BCUT2D eigenvalue weighted by atomic mass is 16.5. The van der Waals surface area contributed by atoms with Crippen LogP contribution >= 0.6 is 0 Å². The Balaban J connectivity index is 1.55. The van der Waals surface area contributed by atoms with E-state index in [1.54, 1.807) is 0 Å². The van der Waals surface area contributed by atoms with E-state index in [1.807, 2.05) is 12.3 Å². The fourth-order valence-corrected chi connectivity index (χ4v) is 3.79. The summed E-state index contributed by atoms with van der Waals surface area (Å²) < 4.78 is 5.88. The number of anilines is 3. The average Bonchev–Trinajstić information content (AvgIpc) is 2.71. The fourth-order valence-electron chi connectivity index (χ4n) is 3.79. The van der Waals surface area contributed by atoms with Gasteiger partial charge in [-0.05, 0) is 49.6 Å². The van der Waals surface area contributed by atoms with E-state index in [4.69, 9.17) is 9.72 Å². The second-order valence-electron chi connectivity index (χ2n) is 7.70.